The average molecular weight is 223 g/mol. The molecule has 3 saturated heterocycles. The van der Waals surface area contributed by atoms with Crippen molar-refractivity contribution in [1.82, 2.24) is 15.1 Å². The number of nitrogens with one attached hydrogen (secondary N) is 1. The number of hydrogen-bond donors (Lipinski definition) is 1. The van der Waals surface area contributed by atoms with Gasteiger partial charge in [0, 0.05) is 25.7 Å². The van der Waals surface area contributed by atoms with Gasteiger partial charge in [0.1, 0.15) is 0 Å². The Balaban J connectivity index is 1.71. The van der Waals surface area contributed by atoms with Crippen LogP contribution < -0.4 is 5.32 Å². The molecule has 0 aromatic rings. The molecule has 16 heavy (non-hydrogen) atoms. The largest absolute Gasteiger partial charge is 0.338 e. The van der Waals surface area contributed by atoms with Gasteiger partial charge in [-0.05, 0) is 32.2 Å². The van der Waals surface area contributed by atoms with E-state index in [0.29, 0.717) is 12.1 Å². The first-order valence-corrected chi connectivity index (χ1v) is 6.65. The maximum absolute atomic E-state index is 11.9. The van der Waals surface area contributed by atoms with E-state index in [0.717, 1.165) is 19.5 Å². The summed E-state index contributed by atoms with van der Waals surface area (Å²) in [5.41, 5.74) is 0. The number of fused-ring (bicyclic) bond motifs is 1. The highest BCUT2D eigenvalue weighted by molar-refractivity contribution is 5.75. The van der Waals surface area contributed by atoms with E-state index in [1.165, 1.54) is 38.8 Å². The molecule has 0 aliphatic carbocycles. The molecule has 0 aromatic heterocycles. The van der Waals surface area contributed by atoms with Crippen molar-refractivity contribution < 1.29 is 4.79 Å². The quantitative estimate of drug-likeness (QED) is 0.720. The third-order valence-electron chi connectivity index (χ3n) is 4.33. The monoisotopic (exact) mass is 223 g/mol. The zero-order valence-corrected chi connectivity index (χ0v) is 9.82. The van der Waals surface area contributed by atoms with E-state index in [1.54, 1.807) is 0 Å². The molecule has 2 atom stereocenters. The summed E-state index contributed by atoms with van der Waals surface area (Å²) in [7, 11) is 0. The molecule has 3 rings (SSSR count). The van der Waals surface area contributed by atoms with Crippen molar-refractivity contribution >= 4 is 6.03 Å². The van der Waals surface area contributed by atoms with Crippen molar-refractivity contribution in [3.63, 3.8) is 0 Å². The smallest absolute Gasteiger partial charge is 0.317 e. The van der Waals surface area contributed by atoms with Gasteiger partial charge in [-0.25, -0.2) is 4.79 Å². The van der Waals surface area contributed by atoms with Gasteiger partial charge < -0.3 is 10.2 Å². The maximum Gasteiger partial charge on any atom is 0.317 e. The molecule has 4 heteroatoms. The van der Waals surface area contributed by atoms with Crippen LogP contribution in [0.15, 0.2) is 0 Å². The van der Waals surface area contributed by atoms with Crippen LogP contribution >= 0.6 is 0 Å². The number of amides is 2. The lowest BCUT2D eigenvalue weighted by molar-refractivity contribution is 0.116. The molecule has 3 aliphatic heterocycles. The molecule has 90 valence electrons. The highest BCUT2D eigenvalue weighted by Gasteiger charge is 2.40. The van der Waals surface area contributed by atoms with Gasteiger partial charge in [-0.2, -0.15) is 0 Å². The van der Waals surface area contributed by atoms with E-state index < -0.39 is 0 Å². The van der Waals surface area contributed by atoms with E-state index in [1.807, 2.05) is 0 Å². The lowest BCUT2D eigenvalue weighted by atomic mass is 9.97. The van der Waals surface area contributed by atoms with Crippen LogP contribution in [0.5, 0.6) is 0 Å². The predicted molar refractivity (Wildman–Crippen MR) is 62.3 cm³/mol. The first kappa shape index (κ1) is 10.4. The Kier molecular flexibility index (Phi) is 2.75. The van der Waals surface area contributed by atoms with Crippen LogP contribution in [-0.4, -0.2) is 54.1 Å². The second-order valence-electron chi connectivity index (χ2n) is 5.23. The molecule has 3 fully saturated rings. The van der Waals surface area contributed by atoms with E-state index in [9.17, 15) is 4.79 Å². The van der Waals surface area contributed by atoms with Gasteiger partial charge in [0.25, 0.3) is 0 Å². The zero-order valence-electron chi connectivity index (χ0n) is 9.82. The Morgan fingerprint density at radius 2 is 1.94 bits per heavy atom. The zero-order chi connectivity index (χ0) is 11.0. The molecule has 0 spiro atoms. The van der Waals surface area contributed by atoms with Gasteiger partial charge in [0.2, 0.25) is 0 Å². The SMILES string of the molecule is O=C1NCCCN1C1CCN2CCCCC12. The predicted octanol–water partition coefficient (Wildman–Crippen LogP) is 1.03. The highest BCUT2D eigenvalue weighted by Crippen LogP contribution is 2.31. The normalized spacial score (nSPS) is 36.0. The lowest BCUT2D eigenvalue weighted by Gasteiger charge is -2.39. The van der Waals surface area contributed by atoms with Crippen molar-refractivity contribution in [2.45, 2.75) is 44.2 Å². The van der Waals surface area contributed by atoms with Crippen molar-refractivity contribution in [2.75, 3.05) is 26.2 Å². The summed E-state index contributed by atoms with van der Waals surface area (Å²) in [5, 5.41) is 2.97. The molecular formula is C12H21N3O. The van der Waals surface area contributed by atoms with E-state index in [4.69, 9.17) is 0 Å². The summed E-state index contributed by atoms with van der Waals surface area (Å²) in [6, 6.07) is 1.31. The summed E-state index contributed by atoms with van der Waals surface area (Å²) in [6.07, 6.45) is 6.25. The Hall–Kier alpha value is -0.770. The standard InChI is InChI=1S/C12H21N3O/c16-12-13-6-3-8-15(12)11-5-9-14-7-2-1-4-10(11)14/h10-11H,1-9H2,(H,13,16). The summed E-state index contributed by atoms with van der Waals surface area (Å²) >= 11 is 0. The number of rotatable bonds is 1. The average Bonchev–Trinajstić information content (AvgIpc) is 2.74. The molecular weight excluding hydrogens is 202 g/mol. The Labute approximate surface area is 97.0 Å². The number of urea groups is 1. The van der Waals surface area contributed by atoms with E-state index in [2.05, 4.69) is 15.1 Å². The van der Waals surface area contributed by atoms with E-state index in [-0.39, 0.29) is 6.03 Å². The minimum atomic E-state index is 0.170. The highest BCUT2D eigenvalue weighted by atomic mass is 16.2. The number of carbonyl (C=O) groups is 1. The van der Waals surface area contributed by atoms with Gasteiger partial charge in [-0.3, -0.25) is 4.90 Å². The van der Waals surface area contributed by atoms with Crippen LogP contribution in [-0.2, 0) is 0 Å². The van der Waals surface area contributed by atoms with Crippen LogP contribution in [0.4, 0.5) is 4.79 Å². The van der Waals surface area contributed by atoms with Crippen molar-refractivity contribution in [2.24, 2.45) is 0 Å². The fourth-order valence-corrected chi connectivity index (χ4v) is 3.55. The van der Waals surface area contributed by atoms with Crippen LogP contribution in [0.3, 0.4) is 0 Å². The molecule has 0 radical (unpaired) electrons. The Bertz CT molecular complexity index is 281. The third-order valence-corrected chi connectivity index (χ3v) is 4.33. The molecule has 4 nitrogen and oxygen atoms in total. The maximum atomic E-state index is 11.9. The fourth-order valence-electron chi connectivity index (χ4n) is 3.55. The van der Waals surface area contributed by atoms with E-state index >= 15 is 0 Å². The van der Waals surface area contributed by atoms with Gasteiger partial charge in [-0.1, -0.05) is 6.42 Å². The first-order valence-electron chi connectivity index (χ1n) is 6.65. The number of carbonyl (C=O) groups excluding carboxylic acids is 1. The van der Waals surface area contributed by atoms with Crippen molar-refractivity contribution in [3.8, 4) is 0 Å². The molecule has 0 saturated carbocycles. The molecule has 1 N–H and O–H groups in total. The van der Waals surface area contributed by atoms with Crippen LogP contribution in [0.1, 0.15) is 32.1 Å². The summed E-state index contributed by atoms with van der Waals surface area (Å²) in [6.45, 7) is 4.26. The summed E-state index contributed by atoms with van der Waals surface area (Å²) < 4.78 is 0. The van der Waals surface area contributed by atoms with Crippen LogP contribution in [0.25, 0.3) is 0 Å². The summed E-state index contributed by atoms with van der Waals surface area (Å²) in [4.78, 5) is 16.5. The second-order valence-corrected chi connectivity index (χ2v) is 5.23. The number of piperidine rings is 1. The number of hydrogen-bond acceptors (Lipinski definition) is 2. The van der Waals surface area contributed by atoms with Gasteiger partial charge >= 0.3 is 6.03 Å². The lowest BCUT2D eigenvalue weighted by Crippen LogP contribution is -2.55. The third kappa shape index (κ3) is 1.69. The molecule has 3 heterocycles. The fraction of sp³-hybridized carbons (Fsp3) is 0.917. The minimum Gasteiger partial charge on any atom is -0.338 e. The van der Waals surface area contributed by atoms with Crippen molar-refractivity contribution in [3.05, 3.63) is 0 Å². The first-order chi connectivity index (χ1) is 7.86. The van der Waals surface area contributed by atoms with Gasteiger partial charge in [0.15, 0.2) is 0 Å². The van der Waals surface area contributed by atoms with Crippen molar-refractivity contribution in [1.29, 1.82) is 0 Å². The minimum absolute atomic E-state index is 0.170. The van der Waals surface area contributed by atoms with Gasteiger partial charge in [-0.15, -0.1) is 0 Å². The topological polar surface area (TPSA) is 35.6 Å². The second kappa shape index (κ2) is 4.24. The molecule has 0 aromatic carbocycles. The number of nitrogens with zero attached hydrogens (tertiary/aromatic N) is 2. The molecule has 2 amide bonds. The molecule has 0 bridgehead atoms. The molecule has 2 unspecified atom stereocenters. The van der Waals surface area contributed by atoms with Crippen LogP contribution in [0, 0.1) is 0 Å². The summed E-state index contributed by atoms with van der Waals surface area (Å²) in [5.74, 6) is 0. The van der Waals surface area contributed by atoms with Crippen LogP contribution in [0.2, 0.25) is 0 Å². The molecule has 3 aliphatic rings. The Morgan fingerprint density at radius 1 is 1.00 bits per heavy atom. The van der Waals surface area contributed by atoms with Gasteiger partial charge in [0.05, 0.1) is 6.04 Å². The Morgan fingerprint density at radius 3 is 2.81 bits per heavy atom.